The number of anilines is 2. The molecule has 2 N–H and O–H groups in total. The standard InChI is InChI=1S/C19H24N6O/c1-13-4-3-5-15-18(13)22-16(21-15)8-10-24(2)19-20-9-6-17(23-19)25-11-7-14(26)12-25/h3-6,9,14,26H,7-8,10-12H2,1-2H3,(H,21,22). The van der Waals surface area contributed by atoms with Crippen LogP contribution in [0.2, 0.25) is 0 Å². The van der Waals surface area contributed by atoms with E-state index in [0.717, 1.165) is 48.6 Å². The number of fused-ring (bicyclic) bond motifs is 1. The molecule has 1 atom stereocenters. The Bertz CT molecular complexity index is 908. The lowest BCUT2D eigenvalue weighted by molar-refractivity contribution is 0.198. The lowest BCUT2D eigenvalue weighted by Crippen LogP contribution is -2.26. The van der Waals surface area contributed by atoms with Crippen molar-refractivity contribution in [1.82, 2.24) is 19.9 Å². The molecule has 1 aliphatic heterocycles. The SMILES string of the molecule is Cc1cccc2[nH]c(CCN(C)c3nccc(N4CCC(O)C4)n3)nc12. The molecule has 7 heteroatoms. The number of aromatic nitrogens is 4. The maximum Gasteiger partial charge on any atom is 0.227 e. The van der Waals surface area contributed by atoms with Gasteiger partial charge in [0, 0.05) is 39.3 Å². The second kappa shape index (κ2) is 6.92. The molecule has 3 heterocycles. The van der Waals surface area contributed by atoms with Gasteiger partial charge in [-0.1, -0.05) is 12.1 Å². The first-order valence-corrected chi connectivity index (χ1v) is 9.01. The Hall–Kier alpha value is -2.67. The van der Waals surface area contributed by atoms with Crippen LogP contribution < -0.4 is 9.80 Å². The van der Waals surface area contributed by atoms with Gasteiger partial charge >= 0.3 is 0 Å². The van der Waals surface area contributed by atoms with E-state index in [9.17, 15) is 5.11 Å². The zero-order chi connectivity index (χ0) is 18.1. The van der Waals surface area contributed by atoms with Gasteiger partial charge in [0.2, 0.25) is 5.95 Å². The molecule has 2 aromatic heterocycles. The second-order valence-electron chi connectivity index (χ2n) is 6.93. The Morgan fingerprint density at radius 3 is 2.96 bits per heavy atom. The third-order valence-corrected chi connectivity index (χ3v) is 4.90. The first-order valence-electron chi connectivity index (χ1n) is 9.01. The van der Waals surface area contributed by atoms with E-state index < -0.39 is 0 Å². The summed E-state index contributed by atoms with van der Waals surface area (Å²) in [6.07, 6.45) is 3.10. The molecular formula is C19H24N6O. The smallest absolute Gasteiger partial charge is 0.227 e. The highest BCUT2D eigenvalue weighted by molar-refractivity contribution is 5.78. The van der Waals surface area contributed by atoms with Crippen molar-refractivity contribution >= 4 is 22.8 Å². The van der Waals surface area contributed by atoms with Gasteiger partial charge in [-0.2, -0.15) is 4.98 Å². The van der Waals surface area contributed by atoms with Gasteiger partial charge in [0.1, 0.15) is 11.6 Å². The van der Waals surface area contributed by atoms with Crippen molar-refractivity contribution in [3.8, 4) is 0 Å². The molecule has 1 saturated heterocycles. The fraction of sp³-hybridized carbons (Fsp3) is 0.421. The van der Waals surface area contributed by atoms with E-state index in [-0.39, 0.29) is 6.10 Å². The summed E-state index contributed by atoms with van der Waals surface area (Å²) in [5.74, 6) is 2.54. The number of H-pyrrole nitrogens is 1. The maximum atomic E-state index is 9.72. The quantitative estimate of drug-likeness (QED) is 0.730. The number of para-hydroxylation sites is 1. The third-order valence-electron chi connectivity index (χ3n) is 4.90. The van der Waals surface area contributed by atoms with Crippen molar-refractivity contribution in [3.63, 3.8) is 0 Å². The molecule has 0 aliphatic carbocycles. The summed E-state index contributed by atoms with van der Waals surface area (Å²) in [5.41, 5.74) is 3.30. The van der Waals surface area contributed by atoms with Crippen LogP contribution in [0.4, 0.5) is 11.8 Å². The highest BCUT2D eigenvalue weighted by Gasteiger charge is 2.22. The summed E-state index contributed by atoms with van der Waals surface area (Å²) < 4.78 is 0. The van der Waals surface area contributed by atoms with Crippen LogP contribution in [0.1, 0.15) is 17.8 Å². The monoisotopic (exact) mass is 352 g/mol. The number of β-amino-alcohol motifs (C(OH)–C–C–N with tert-alkyl or cyclic N) is 1. The van der Waals surface area contributed by atoms with E-state index in [1.54, 1.807) is 6.20 Å². The highest BCUT2D eigenvalue weighted by Crippen LogP contribution is 2.20. The van der Waals surface area contributed by atoms with Crippen LogP contribution in [0.25, 0.3) is 11.0 Å². The van der Waals surface area contributed by atoms with E-state index in [0.29, 0.717) is 12.5 Å². The van der Waals surface area contributed by atoms with E-state index >= 15 is 0 Å². The Morgan fingerprint density at radius 2 is 2.19 bits per heavy atom. The van der Waals surface area contributed by atoms with E-state index in [2.05, 4.69) is 38.9 Å². The van der Waals surface area contributed by atoms with Crippen molar-refractivity contribution in [1.29, 1.82) is 0 Å². The predicted octanol–water partition coefficient (Wildman–Crippen LogP) is 1.91. The highest BCUT2D eigenvalue weighted by atomic mass is 16.3. The number of aliphatic hydroxyl groups excluding tert-OH is 1. The summed E-state index contributed by atoms with van der Waals surface area (Å²) in [6, 6.07) is 8.07. The van der Waals surface area contributed by atoms with Gasteiger partial charge in [0.15, 0.2) is 0 Å². The van der Waals surface area contributed by atoms with Crippen molar-refractivity contribution in [3.05, 3.63) is 41.9 Å². The van der Waals surface area contributed by atoms with Gasteiger partial charge in [0.05, 0.1) is 17.1 Å². The first kappa shape index (κ1) is 16.8. The van der Waals surface area contributed by atoms with Gasteiger partial charge in [-0.25, -0.2) is 9.97 Å². The number of hydrogen-bond acceptors (Lipinski definition) is 6. The van der Waals surface area contributed by atoms with Crippen molar-refractivity contribution in [2.24, 2.45) is 0 Å². The second-order valence-corrected chi connectivity index (χ2v) is 6.93. The van der Waals surface area contributed by atoms with Gasteiger partial charge in [-0.15, -0.1) is 0 Å². The average molecular weight is 352 g/mol. The fourth-order valence-electron chi connectivity index (χ4n) is 3.37. The molecule has 0 radical (unpaired) electrons. The summed E-state index contributed by atoms with van der Waals surface area (Å²) in [7, 11) is 1.99. The van der Waals surface area contributed by atoms with Gasteiger partial charge in [-0.3, -0.25) is 0 Å². The minimum atomic E-state index is -0.261. The molecule has 0 amide bonds. The third kappa shape index (κ3) is 3.35. The van der Waals surface area contributed by atoms with Gasteiger partial charge in [0.25, 0.3) is 0 Å². The molecular weight excluding hydrogens is 328 g/mol. The van der Waals surface area contributed by atoms with Crippen LogP contribution in [-0.4, -0.2) is 57.8 Å². The fourth-order valence-corrected chi connectivity index (χ4v) is 3.37. The molecule has 26 heavy (non-hydrogen) atoms. The molecule has 0 spiro atoms. The molecule has 136 valence electrons. The molecule has 0 saturated carbocycles. The number of aryl methyl sites for hydroxylation is 1. The largest absolute Gasteiger partial charge is 0.391 e. The maximum absolute atomic E-state index is 9.72. The molecule has 3 aromatic rings. The first-order chi connectivity index (χ1) is 12.6. The Kier molecular flexibility index (Phi) is 4.46. The Balaban J connectivity index is 1.44. The molecule has 0 bridgehead atoms. The van der Waals surface area contributed by atoms with Crippen LogP contribution in [0.3, 0.4) is 0 Å². The Labute approximate surface area is 152 Å². The van der Waals surface area contributed by atoms with E-state index in [1.165, 1.54) is 5.56 Å². The summed E-state index contributed by atoms with van der Waals surface area (Å²) in [6.45, 7) is 4.32. The van der Waals surface area contributed by atoms with Crippen LogP contribution in [0.15, 0.2) is 30.5 Å². The lowest BCUT2D eigenvalue weighted by atomic mass is 10.2. The number of benzene rings is 1. The summed E-state index contributed by atoms with van der Waals surface area (Å²) in [5, 5.41) is 9.72. The number of rotatable bonds is 5. The van der Waals surface area contributed by atoms with Crippen molar-refractivity contribution < 1.29 is 5.11 Å². The molecule has 1 fully saturated rings. The molecule has 7 nitrogen and oxygen atoms in total. The molecule has 4 rings (SSSR count). The molecule has 1 unspecified atom stereocenters. The topological polar surface area (TPSA) is 81.2 Å². The Morgan fingerprint density at radius 1 is 1.31 bits per heavy atom. The van der Waals surface area contributed by atoms with Gasteiger partial charge < -0.3 is 19.9 Å². The zero-order valence-electron chi connectivity index (χ0n) is 15.2. The number of nitrogens with one attached hydrogen (secondary N) is 1. The van der Waals surface area contributed by atoms with Crippen molar-refractivity contribution in [2.45, 2.75) is 25.9 Å². The number of aliphatic hydroxyl groups is 1. The molecule has 1 aliphatic rings. The minimum Gasteiger partial charge on any atom is -0.391 e. The van der Waals surface area contributed by atoms with Gasteiger partial charge in [-0.05, 0) is 31.0 Å². The van der Waals surface area contributed by atoms with E-state index in [1.807, 2.05) is 24.1 Å². The average Bonchev–Trinajstić information content (AvgIpc) is 3.27. The zero-order valence-corrected chi connectivity index (χ0v) is 15.2. The summed E-state index contributed by atoms with van der Waals surface area (Å²) in [4.78, 5) is 21.3. The predicted molar refractivity (Wildman–Crippen MR) is 103 cm³/mol. The number of aromatic amines is 1. The number of hydrogen-bond donors (Lipinski definition) is 2. The normalized spacial score (nSPS) is 17.2. The molecule has 1 aromatic carbocycles. The number of nitrogens with zero attached hydrogens (tertiary/aromatic N) is 5. The van der Waals surface area contributed by atoms with Crippen LogP contribution in [0.5, 0.6) is 0 Å². The number of likely N-dealkylation sites (N-methyl/N-ethyl adjacent to an activating group) is 1. The van der Waals surface area contributed by atoms with E-state index in [4.69, 9.17) is 4.98 Å². The number of imidazole rings is 1. The minimum absolute atomic E-state index is 0.261. The van der Waals surface area contributed by atoms with Crippen LogP contribution in [-0.2, 0) is 6.42 Å². The van der Waals surface area contributed by atoms with Crippen LogP contribution >= 0.6 is 0 Å². The lowest BCUT2D eigenvalue weighted by Gasteiger charge is -2.20. The van der Waals surface area contributed by atoms with Crippen LogP contribution in [0, 0.1) is 6.92 Å². The summed E-state index contributed by atoms with van der Waals surface area (Å²) >= 11 is 0. The van der Waals surface area contributed by atoms with Crippen molar-refractivity contribution in [2.75, 3.05) is 36.5 Å².